The van der Waals surface area contributed by atoms with Crippen LogP contribution in [0.3, 0.4) is 0 Å². The summed E-state index contributed by atoms with van der Waals surface area (Å²) in [5.74, 6) is -0.451. The molecule has 1 rings (SSSR count). The van der Waals surface area contributed by atoms with E-state index in [9.17, 15) is 17.6 Å². The Morgan fingerprint density at radius 2 is 2.00 bits per heavy atom. The second kappa shape index (κ2) is 4.61. The van der Waals surface area contributed by atoms with Gasteiger partial charge in [-0.3, -0.25) is 0 Å². The molecule has 1 aromatic carbocycles. The van der Waals surface area contributed by atoms with E-state index in [1.807, 2.05) is 0 Å². The van der Waals surface area contributed by atoms with Gasteiger partial charge in [0.05, 0.1) is 6.54 Å². The summed E-state index contributed by atoms with van der Waals surface area (Å²) in [7, 11) is 0. The van der Waals surface area contributed by atoms with Crippen LogP contribution in [0.25, 0.3) is 0 Å². The average molecular weight is 221 g/mol. The number of benzene rings is 1. The van der Waals surface area contributed by atoms with Crippen molar-refractivity contribution in [2.75, 3.05) is 6.54 Å². The highest BCUT2D eigenvalue weighted by molar-refractivity contribution is 5.19. The van der Waals surface area contributed by atoms with Gasteiger partial charge in [0.15, 0.2) is 0 Å². The van der Waals surface area contributed by atoms with Gasteiger partial charge >= 0.3 is 6.18 Å². The van der Waals surface area contributed by atoms with Crippen molar-refractivity contribution in [3.05, 3.63) is 35.6 Å². The summed E-state index contributed by atoms with van der Waals surface area (Å²) >= 11 is 0. The lowest BCUT2D eigenvalue weighted by Gasteiger charge is -2.15. The van der Waals surface area contributed by atoms with Crippen molar-refractivity contribution >= 4 is 0 Å². The lowest BCUT2D eigenvalue weighted by atomic mass is 10.1. The van der Waals surface area contributed by atoms with Crippen LogP contribution in [-0.4, -0.2) is 12.7 Å². The van der Waals surface area contributed by atoms with Crippen molar-refractivity contribution in [2.45, 2.75) is 19.1 Å². The maximum atomic E-state index is 12.8. The molecule has 0 aliphatic heterocycles. The standard InChI is InChI=1S/C10H11F4N/c1-7(15-6-10(12,13)14)8-3-2-4-9(11)5-8/h2-5,7,15H,6H2,1H3. The fourth-order valence-electron chi connectivity index (χ4n) is 1.16. The van der Waals surface area contributed by atoms with Crippen molar-refractivity contribution in [2.24, 2.45) is 0 Å². The van der Waals surface area contributed by atoms with Crippen LogP contribution in [0.4, 0.5) is 17.6 Å². The molecule has 0 spiro atoms. The molecule has 1 unspecified atom stereocenters. The van der Waals surface area contributed by atoms with E-state index in [0.29, 0.717) is 5.56 Å². The molecular formula is C10H11F4N. The highest BCUT2D eigenvalue weighted by Crippen LogP contribution is 2.17. The smallest absolute Gasteiger partial charge is 0.302 e. The van der Waals surface area contributed by atoms with Crippen LogP contribution < -0.4 is 5.32 Å². The molecule has 1 aromatic rings. The van der Waals surface area contributed by atoms with Crippen LogP contribution in [0.15, 0.2) is 24.3 Å². The summed E-state index contributed by atoms with van der Waals surface area (Å²) in [6.45, 7) is 0.477. The summed E-state index contributed by atoms with van der Waals surface area (Å²) in [6, 6.07) is 4.99. The Balaban J connectivity index is 2.58. The van der Waals surface area contributed by atoms with E-state index < -0.39 is 24.6 Å². The number of hydrogen-bond donors (Lipinski definition) is 1. The van der Waals surface area contributed by atoms with Gasteiger partial charge in [0, 0.05) is 6.04 Å². The first kappa shape index (κ1) is 12.0. The van der Waals surface area contributed by atoms with Crippen molar-refractivity contribution in [1.82, 2.24) is 5.32 Å². The molecular weight excluding hydrogens is 210 g/mol. The van der Waals surface area contributed by atoms with Gasteiger partial charge in [-0.05, 0) is 24.6 Å². The molecule has 0 fully saturated rings. The summed E-state index contributed by atoms with van der Waals surface area (Å²) in [4.78, 5) is 0. The minimum absolute atomic E-state index is 0.451. The number of halogens is 4. The molecule has 0 aromatic heterocycles. The molecule has 0 aliphatic rings. The van der Waals surface area contributed by atoms with Gasteiger partial charge in [-0.15, -0.1) is 0 Å². The molecule has 15 heavy (non-hydrogen) atoms. The van der Waals surface area contributed by atoms with Gasteiger partial charge in [-0.2, -0.15) is 13.2 Å². The van der Waals surface area contributed by atoms with Gasteiger partial charge in [-0.1, -0.05) is 12.1 Å². The molecule has 0 saturated carbocycles. The average Bonchev–Trinajstić information content (AvgIpc) is 2.13. The fourth-order valence-corrected chi connectivity index (χ4v) is 1.16. The molecule has 1 atom stereocenters. The Morgan fingerprint density at radius 1 is 1.33 bits per heavy atom. The van der Waals surface area contributed by atoms with E-state index in [4.69, 9.17) is 0 Å². The van der Waals surface area contributed by atoms with Crippen LogP contribution in [-0.2, 0) is 0 Å². The Morgan fingerprint density at radius 3 is 2.53 bits per heavy atom. The molecule has 5 heteroatoms. The fraction of sp³-hybridized carbons (Fsp3) is 0.400. The van der Waals surface area contributed by atoms with Crippen LogP contribution in [0.2, 0.25) is 0 Å². The Bertz CT molecular complexity index is 321. The Labute approximate surface area is 85.1 Å². The van der Waals surface area contributed by atoms with Crippen molar-refractivity contribution < 1.29 is 17.6 Å². The Hall–Kier alpha value is -1.10. The van der Waals surface area contributed by atoms with Crippen LogP contribution in [0, 0.1) is 5.82 Å². The largest absolute Gasteiger partial charge is 0.401 e. The van der Waals surface area contributed by atoms with Crippen molar-refractivity contribution in [1.29, 1.82) is 0 Å². The maximum absolute atomic E-state index is 12.8. The number of rotatable bonds is 3. The zero-order valence-electron chi connectivity index (χ0n) is 8.11. The molecule has 0 heterocycles. The molecule has 1 N–H and O–H groups in total. The molecule has 1 nitrogen and oxygen atoms in total. The summed E-state index contributed by atoms with van der Waals surface area (Å²) in [6.07, 6.45) is -4.25. The van der Waals surface area contributed by atoms with E-state index in [2.05, 4.69) is 5.32 Å². The normalized spacial score (nSPS) is 13.9. The van der Waals surface area contributed by atoms with E-state index in [1.165, 1.54) is 18.2 Å². The minimum Gasteiger partial charge on any atom is -0.302 e. The summed E-state index contributed by atoms with van der Waals surface area (Å²) < 4.78 is 48.4. The number of hydrogen-bond acceptors (Lipinski definition) is 1. The van der Waals surface area contributed by atoms with E-state index in [0.717, 1.165) is 0 Å². The first-order chi connectivity index (χ1) is 6.88. The Kier molecular flexibility index (Phi) is 3.68. The molecule has 0 amide bonds. The van der Waals surface area contributed by atoms with E-state index >= 15 is 0 Å². The van der Waals surface area contributed by atoms with Gasteiger partial charge < -0.3 is 5.32 Å². The summed E-state index contributed by atoms with van der Waals surface area (Å²) in [5, 5.41) is 2.27. The topological polar surface area (TPSA) is 12.0 Å². The van der Waals surface area contributed by atoms with E-state index in [1.54, 1.807) is 13.0 Å². The highest BCUT2D eigenvalue weighted by Gasteiger charge is 2.27. The second-order valence-corrected chi connectivity index (χ2v) is 3.27. The lowest BCUT2D eigenvalue weighted by Crippen LogP contribution is -2.30. The predicted octanol–water partition coefficient (Wildman–Crippen LogP) is 3.04. The monoisotopic (exact) mass is 221 g/mol. The zero-order chi connectivity index (χ0) is 11.5. The highest BCUT2D eigenvalue weighted by atomic mass is 19.4. The maximum Gasteiger partial charge on any atom is 0.401 e. The molecule has 84 valence electrons. The van der Waals surface area contributed by atoms with Gasteiger partial charge in [-0.25, -0.2) is 4.39 Å². The SMILES string of the molecule is CC(NCC(F)(F)F)c1cccc(F)c1. The second-order valence-electron chi connectivity index (χ2n) is 3.27. The third-order valence-corrected chi connectivity index (χ3v) is 1.96. The van der Waals surface area contributed by atoms with Crippen molar-refractivity contribution in [3.63, 3.8) is 0 Å². The number of alkyl halides is 3. The quantitative estimate of drug-likeness (QED) is 0.773. The van der Waals surface area contributed by atoms with Gasteiger partial charge in [0.1, 0.15) is 5.82 Å². The predicted molar refractivity (Wildman–Crippen MR) is 48.9 cm³/mol. The number of nitrogens with one attached hydrogen (secondary N) is 1. The molecule has 0 saturated heterocycles. The zero-order valence-corrected chi connectivity index (χ0v) is 8.11. The van der Waals surface area contributed by atoms with Gasteiger partial charge in [0.2, 0.25) is 0 Å². The van der Waals surface area contributed by atoms with Crippen molar-refractivity contribution in [3.8, 4) is 0 Å². The van der Waals surface area contributed by atoms with Crippen LogP contribution >= 0.6 is 0 Å². The van der Waals surface area contributed by atoms with Crippen LogP contribution in [0.1, 0.15) is 18.5 Å². The summed E-state index contributed by atoms with van der Waals surface area (Å²) in [5.41, 5.74) is 0.499. The first-order valence-corrected chi connectivity index (χ1v) is 4.44. The van der Waals surface area contributed by atoms with E-state index in [-0.39, 0.29) is 0 Å². The first-order valence-electron chi connectivity index (χ1n) is 4.44. The third kappa shape index (κ3) is 4.29. The molecule has 0 aliphatic carbocycles. The van der Waals surface area contributed by atoms with Gasteiger partial charge in [0.25, 0.3) is 0 Å². The molecule has 0 radical (unpaired) electrons. The van der Waals surface area contributed by atoms with Crippen LogP contribution in [0.5, 0.6) is 0 Å². The lowest BCUT2D eigenvalue weighted by molar-refractivity contribution is -0.126. The molecule has 0 bridgehead atoms. The minimum atomic E-state index is -4.25. The third-order valence-electron chi connectivity index (χ3n) is 1.96.